The smallest absolute Gasteiger partial charge is 0.224 e. The van der Waals surface area contributed by atoms with Gasteiger partial charge in [0.2, 0.25) is 5.88 Å². The van der Waals surface area contributed by atoms with Gasteiger partial charge in [0.1, 0.15) is 5.75 Å². The van der Waals surface area contributed by atoms with Gasteiger partial charge >= 0.3 is 0 Å². The van der Waals surface area contributed by atoms with Crippen molar-refractivity contribution in [2.45, 2.75) is 12.8 Å². The van der Waals surface area contributed by atoms with E-state index in [1.165, 1.54) is 0 Å². The summed E-state index contributed by atoms with van der Waals surface area (Å²) < 4.78 is 7.00. The number of halogens is 2. The second kappa shape index (κ2) is 6.04. The largest absolute Gasteiger partial charge is 0.438 e. The Bertz CT molecular complexity index is 804. The van der Waals surface area contributed by atoms with Crippen LogP contribution in [0, 0.1) is 6.92 Å². The number of nitrogens with zero attached hydrogens (tertiary/aromatic N) is 1. The van der Waals surface area contributed by atoms with Crippen molar-refractivity contribution in [1.82, 2.24) is 4.98 Å². The summed E-state index contributed by atoms with van der Waals surface area (Å²) in [5, 5.41) is 1.06. The lowest BCUT2D eigenvalue weighted by molar-refractivity contribution is 0.457. The van der Waals surface area contributed by atoms with Crippen LogP contribution in [0.15, 0.2) is 53.0 Å². The molecule has 1 aromatic heterocycles. The molecular formula is C17H13BrClNO. The Hall–Kier alpha value is -1.58. The van der Waals surface area contributed by atoms with E-state index in [9.17, 15) is 0 Å². The molecule has 2 nitrogen and oxygen atoms in total. The van der Waals surface area contributed by atoms with Crippen LogP contribution in [0.2, 0.25) is 0 Å². The monoisotopic (exact) mass is 361 g/mol. The zero-order valence-electron chi connectivity index (χ0n) is 11.4. The summed E-state index contributed by atoms with van der Waals surface area (Å²) in [4.78, 5) is 4.59. The van der Waals surface area contributed by atoms with E-state index in [4.69, 9.17) is 16.3 Å². The Kier molecular flexibility index (Phi) is 4.13. The van der Waals surface area contributed by atoms with Gasteiger partial charge in [-0.05, 0) is 42.8 Å². The maximum absolute atomic E-state index is 6.04. The minimum absolute atomic E-state index is 0.364. The second-order valence-electron chi connectivity index (χ2n) is 4.79. The Morgan fingerprint density at radius 1 is 1.14 bits per heavy atom. The fourth-order valence-electron chi connectivity index (χ4n) is 2.16. The van der Waals surface area contributed by atoms with Crippen molar-refractivity contribution >= 4 is 38.4 Å². The molecule has 3 aromatic rings. The van der Waals surface area contributed by atoms with Gasteiger partial charge in [-0.2, -0.15) is 0 Å². The molecule has 3 rings (SSSR count). The SMILES string of the molecule is Cc1cc(Br)ccc1Oc1nc2ccccc2cc1CCl. The molecule has 0 N–H and O–H groups in total. The zero-order chi connectivity index (χ0) is 14.8. The van der Waals surface area contributed by atoms with Gasteiger partial charge in [-0.15, -0.1) is 11.6 Å². The number of alkyl halides is 1. The van der Waals surface area contributed by atoms with Crippen molar-refractivity contribution in [1.29, 1.82) is 0 Å². The molecule has 21 heavy (non-hydrogen) atoms. The number of fused-ring (bicyclic) bond motifs is 1. The van der Waals surface area contributed by atoms with E-state index in [0.717, 1.165) is 32.3 Å². The molecule has 0 fully saturated rings. The molecule has 0 aliphatic carbocycles. The highest BCUT2D eigenvalue weighted by molar-refractivity contribution is 9.10. The molecule has 0 aliphatic heterocycles. The molecule has 0 atom stereocenters. The van der Waals surface area contributed by atoms with E-state index in [0.29, 0.717) is 11.8 Å². The van der Waals surface area contributed by atoms with Crippen LogP contribution >= 0.6 is 27.5 Å². The third-order valence-corrected chi connectivity index (χ3v) is 4.03. The van der Waals surface area contributed by atoms with Crippen LogP contribution < -0.4 is 4.74 Å². The van der Waals surface area contributed by atoms with Crippen molar-refractivity contribution < 1.29 is 4.74 Å². The third-order valence-electron chi connectivity index (χ3n) is 3.25. The van der Waals surface area contributed by atoms with Crippen molar-refractivity contribution in [2.75, 3.05) is 0 Å². The van der Waals surface area contributed by atoms with Crippen LogP contribution in [0.4, 0.5) is 0 Å². The molecule has 0 radical (unpaired) electrons. The minimum atomic E-state index is 0.364. The number of para-hydroxylation sites is 1. The first-order valence-electron chi connectivity index (χ1n) is 6.56. The lowest BCUT2D eigenvalue weighted by atomic mass is 10.1. The number of aryl methyl sites for hydroxylation is 1. The number of aromatic nitrogens is 1. The molecule has 0 spiro atoms. The van der Waals surface area contributed by atoms with E-state index in [2.05, 4.69) is 20.9 Å². The highest BCUT2D eigenvalue weighted by atomic mass is 79.9. The topological polar surface area (TPSA) is 22.1 Å². The van der Waals surface area contributed by atoms with E-state index >= 15 is 0 Å². The molecule has 0 unspecified atom stereocenters. The van der Waals surface area contributed by atoms with Crippen LogP contribution in [0.1, 0.15) is 11.1 Å². The van der Waals surface area contributed by atoms with Gasteiger partial charge in [-0.1, -0.05) is 34.1 Å². The van der Waals surface area contributed by atoms with Crippen LogP contribution in [0.5, 0.6) is 11.6 Å². The average Bonchev–Trinajstić information content (AvgIpc) is 2.49. The summed E-state index contributed by atoms with van der Waals surface area (Å²) >= 11 is 9.49. The Balaban J connectivity index is 2.06. The summed E-state index contributed by atoms with van der Waals surface area (Å²) in [6, 6.07) is 15.8. The fourth-order valence-corrected chi connectivity index (χ4v) is 2.82. The van der Waals surface area contributed by atoms with E-state index < -0.39 is 0 Å². The lowest BCUT2D eigenvalue weighted by Gasteiger charge is -2.12. The molecule has 0 amide bonds. The first kappa shape index (κ1) is 14.4. The van der Waals surface area contributed by atoms with Crippen LogP contribution in [0.3, 0.4) is 0 Å². The zero-order valence-corrected chi connectivity index (χ0v) is 13.8. The van der Waals surface area contributed by atoms with Gasteiger partial charge in [0.15, 0.2) is 0 Å². The number of ether oxygens (including phenoxy) is 1. The molecule has 0 saturated heterocycles. The summed E-state index contributed by atoms with van der Waals surface area (Å²) in [6.07, 6.45) is 0. The number of hydrogen-bond donors (Lipinski definition) is 0. The maximum Gasteiger partial charge on any atom is 0.224 e. The van der Waals surface area contributed by atoms with Gasteiger partial charge in [-0.3, -0.25) is 0 Å². The molecular weight excluding hydrogens is 350 g/mol. The normalized spacial score (nSPS) is 10.8. The number of hydrogen-bond acceptors (Lipinski definition) is 2. The minimum Gasteiger partial charge on any atom is -0.438 e. The highest BCUT2D eigenvalue weighted by Crippen LogP contribution is 2.31. The Morgan fingerprint density at radius 3 is 2.71 bits per heavy atom. The predicted octanol–water partition coefficient (Wildman–Crippen LogP) is 5.84. The fraction of sp³-hybridized carbons (Fsp3) is 0.118. The van der Waals surface area contributed by atoms with Crippen molar-refractivity contribution in [3.8, 4) is 11.6 Å². The van der Waals surface area contributed by atoms with Gasteiger partial charge in [0.25, 0.3) is 0 Å². The first-order valence-corrected chi connectivity index (χ1v) is 7.89. The summed E-state index contributed by atoms with van der Waals surface area (Å²) in [6.45, 7) is 2.00. The maximum atomic E-state index is 6.04. The number of pyridine rings is 1. The Labute approximate surface area is 136 Å². The van der Waals surface area contributed by atoms with Crippen molar-refractivity contribution in [2.24, 2.45) is 0 Å². The number of benzene rings is 2. The van der Waals surface area contributed by atoms with Gasteiger partial charge < -0.3 is 4.74 Å². The molecule has 106 valence electrons. The molecule has 1 heterocycles. The van der Waals surface area contributed by atoms with Crippen LogP contribution in [-0.4, -0.2) is 4.98 Å². The summed E-state index contributed by atoms with van der Waals surface area (Å²) in [5.41, 5.74) is 2.83. The summed E-state index contributed by atoms with van der Waals surface area (Å²) in [7, 11) is 0. The van der Waals surface area contributed by atoms with Gasteiger partial charge in [0, 0.05) is 15.4 Å². The lowest BCUT2D eigenvalue weighted by Crippen LogP contribution is -1.95. The van der Waals surface area contributed by atoms with Crippen molar-refractivity contribution in [3.05, 3.63) is 64.1 Å². The van der Waals surface area contributed by atoms with E-state index in [-0.39, 0.29) is 0 Å². The first-order chi connectivity index (χ1) is 10.2. The molecule has 0 bridgehead atoms. The standard InChI is InChI=1S/C17H13BrClNO/c1-11-8-14(18)6-7-16(11)21-17-13(10-19)9-12-4-2-3-5-15(12)20-17/h2-9H,10H2,1H3. The Morgan fingerprint density at radius 2 is 1.95 bits per heavy atom. The molecule has 0 saturated carbocycles. The third kappa shape index (κ3) is 3.04. The summed E-state index contributed by atoms with van der Waals surface area (Å²) in [5.74, 6) is 1.71. The molecule has 2 aromatic carbocycles. The van der Waals surface area contributed by atoms with Gasteiger partial charge in [-0.25, -0.2) is 4.98 Å². The number of rotatable bonds is 3. The van der Waals surface area contributed by atoms with Crippen molar-refractivity contribution in [3.63, 3.8) is 0 Å². The van der Waals surface area contributed by atoms with Gasteiger partial charge in [0.05, 0.1) is 11.4 Å². The highest BCUT2D eigenvalue weighted by Gasteiger charge is 2.10. The van der Waals surface area contributed by atoms with E-state index in [1.807, 2.05) is 55.5 Å². The van der Waals surface area contributed by atoms with E-state index in [1.54, 1.807) is 0 Å². The molecule has 4 heteroatoms. The van der Waals surface area contributed by atoms with Crippen LogP contribution in [0.25, 0.3) is 10.9 Å². The quantitative estimate of drug-likeness (QED) is 0.546. The average molecular weight is 363 g/mol. The molecule has 0 aliphatic rings. The predicted molar refractivity (Wildman–Crippen MR) is 90.3 cm³/mol. The van der Waals surface area contributed by atoms with Crippen LogP contribution in [-0.2, 0) is 5.88 Å². The second-order valence-corrected chi connectivity index (χ2v) is 5.97.